The molecule has 0 aliphatic carbocycles. The minimum atomic E-state index is -0.234. The van der Waals surface area contributed by atoms with E-state index in [0.717, 1.165) is 24.1 Å². The summed E-state index contributed by atoms with van der Waals surface area (Å²) in [6.45, 7) is 4.55. The van der Waals surface area contributed by atoms with Crippen LogP contribution >= 0.6 is 11.6 Å². The molecule has 2 amide bonds. The number of anilines is 1. The van der Waals surface area contributed by atoms with Gasteiger partial charge in [0.05, 0.1) is 10.7 Å². The van der Waals surface area contributed by atoms with Gasteiger partial charge in [-0.3, -0.25) is 4.68 Å². The van der Waals surface area contributed by atoms with Crippen molar-refractivity contribution in [1.82, 2.24) is 24.9 Å². The zero-order valence-electron chi connectivity index (χ0n) is 16.6. The summed E-state index contributed by atoms with van der Waals surface area (Å²) in [4.78, 5) is 14.8. The molecule has 8 nitrogen and oxygen atoms in total. The van der Waals surface area contributed by atoms with Crippen molar-refractivity contribution in [2.45, 2.75) is 32.7 Å². The van der Waals surface area contributed by atoms with Crippen molar-refractivity contribution < 1.29 is 9.21 Å². The second-order valence-corrected chi connectivity index (χ2v) is 7.90. The second kappa shape index (κ2) is 7.87. The van der Waals surface area contributed by atoms with Crippen LogP contribution in [0.1, 0.15) is 37.6 Å². The number of halogens is 1. The summed E-state index contributed by atoms with van der Waals surface area (Å²) < 4.78 is 7.34. The lowest BCUT2D eigenvalue weighted by Gasteiger charge is -2.36. The second-order valence-electron chi connectivity index (χ2n) is 7.50. The maximum absolute atomic E-state index is 13.1. The highest BCUT2D eigenvalue weighted by Crippen LogP contribution is 2.34. The predicted molar refractivity (Wildman–Crippen MR) is 110 cm³/mol. The lowest BCUT2D eigenvalue weighted by molar-refractivity contribution is 0.125. The predicted octanol–water partition coefficient (Wildman–Crippen LogP) is 4.44. The number of urea groups is 1. The fourth-order valence-corrected chi connectivity index (χ4v) is 3.83. The molecule has 1 fully saturated rings. The third kappa shape index (κ3) is 4.12. The van der Waals surface area contributed by atoms with E-state index in [1.807, 2.05) is 25.4 Å². The van der Waals surface area contributed by atoms with Crippen molar-refractivity contribution in [2.75, 3.05) is 11.9 Å². The van der Waals surface area contributed by atoms with E-state index >= 15 is 0 Å². The maximum atomic E-state index is 13.1. The highest BCUT2D eigenvalue weighted by atomic mass is 35.5. The Bertz CT molecular complexity index is 1030. The summed E-state index contributed by atoms with van der Waals surface area (Å²) in [6, 6.07) is 6.83. The van der Waals surface area contributed by atoms with Gasteiger partial charge in [-0.25, -0.2) is 4.79 Å². The lowest BCUT2D eigenvalue weighted by atomic mass is 9.92. The Balaban J connectivity index is 1.56. The topological polar surface area (TPSA) is 89.1 Å². The Morgan fingerprint density at radius 3 is 2.83 bits per heavy atom. The molecule has 0 radical (unpaired) electrons. The average Bonchev–Trinajstić information content (AvgIpc) is 3.31. The summed E-state index contributed by atoms with van der Waals surface area (Å²) in [5.41, 5.74) is 2.17. The van der Waals surface area contributed by atoms with Crippen LogP contribution in [0.15, 0.2) is 34.9 Å². The molecule has 3 aromatic rings. The van der Waals surface area contributed by atoms with Gasteiger partial charge in [0.15, 0.2) is 0 Å². The van der Waals surface area contributed by atoms with Crippen LogP contribution in [0.3, 0.4) is 0 Å². The van der Waals surface area contributed by atoms with Crippen LogP contribution in [0.5, 0.6) is 0 Å². The fraction of sp³-hybridized carbons (Fsp3) is 0.400. The third-order valence-electron chi connectivity index (χ3n) is 5.16. The molecule has 152 valence electrons. The van der Waals surface area contributed by atoms with Crippen LogP contribution in [-0.2, 0) is 7.05 Å². The van der Waals surface area contributed by atoms with Crippen molar-refractivity contribution in [3.05, 3.63) is 47.3 Å². The molecule has 2 aromatic heterocycles. The van der Waals surface area contributed by atoms with Gasteiger partial charge in [0.2, 0.25) is 11.8 Å². The van der Waals surface area contributed by atoms with Gasteiger partial charge in [-0.05, 0) is 43.0 Å². The van der Waals surface area contributed by atoms with Crippen molar-refractivity contribution in [3.8, 4) is 11.3 Å². The van der Waals surface area contributed by atoms with Crippen molar-refractivity contribution >= 4 is 23.3 Å². The minimum Gasteiger partial charge on any atom is -0.423 e. The Kier molecular flexibility index (Phi) is 5.27. The molecular weight excluding hydrogens is 392 g/mol. The van der Waals surface area contributed by atoms with Crippen molar-refractivity contribution in [3.63, 3.8) is 0 Å². The fourth-order valence-electron chi connectivity index (χ4n) is 3.62. The van der Waals surface area contributed by atoms with E-state index in [1.165, 1.54) is 0 Å². The molecule has 9 heteroatoms. The molecule has 0 bridgehead atoms. The molecule has 1 unspecified atom stereocenters. The molecule has 3 heterocycles. The highest BCUT2D eigenvalue weighted by molar-refractivity contribution is 6.33. The molecular formula is C20H23ClN6O2. The summed E-state index contributed by atoms with van der Waals surface area (Å²) in [5, 5.41) is 16.0. The number of benzene rings is 1. The first-order valence-corrected chi connectivity index (χ1v) is 9.95. The number of carbonyl (C=O) groups is 1. The number of aryl methyl sites for hydroxylation is 2. The third-order valence-corrected chi connectivity index (χ3v) is 5.49. The van der Waals surface area contributed by atoms with E-state index in [1.54, 1.807) is 28.6 Å². The molecule has 4 rings (SSSR count). The van der Waals surface area contributed by atoms with E-state index in [2.05, 4.69) is 27.5 Å². The molecule has 1 aromatic carbocycles. The largest absolute Gasteiger partial charge is 0.423 e. The first kappa shape index (κ1) is 19.4. The van der Waals surface area contributed by atoms with E-state index in [4.69, 9.17) is 16.0 Å². The lowest BCUT2D eigenvalue weighted by Crippen LogP contribution is -2.43. The molecule has 1 saturated heterocycles. The van der Waals surface area contributed by atoms with Gasteiger partial charge in [-0.2, -0.15) is 5.10 Å². The van der Waals surface area contributed by atoms with E-state index in [-0.39, 0.29) is 12.1 Å². The smallest absolute Gasteiger partial charge is 0.322 e. The van der Waals surface area contributed by atoms with Gasteiger partial charge >= 0.3 is 6.03 Å². The summed E-state index contributed by atoms with van der Waals surface area (Å²) in [6.07, 6.45) is 3.56. The van der Waals surface area contributed by atoms with Gasteiger partial charge in [0.1, 0.15) is 6.04 Å². The highest BCUT2D eigenvalue weighted by Gasteiger charge is 2.34. The number of hydrogen-bond donors (Lipinski definition) is 1. The standard InChI is InChI=1S/C20H23ClN6O2/c1-12-6-9-27(18(10-12)19-24-23-13(2)29-19)20(28)22-14-4-5-16(21)15(11-14)17-7-8-26(3)25-17/h4-5,7-8,11-12,18H,6,9-10H2,1-3H3,(H,22,28)/t12-,18?/m0/s1. The van der Waals surface area contributed by atoms with Crippen LogP contribution in [0.25, 0.3) is 11.3 Å². The van der Waals surface area contributed by atoms with Gasteiger partial charge in [-0.1, -0.05) is 18.5 Å². The van der Waals surface area contributed by atoms with Crippen LogP contribution in [-0.4, -0.2) is 37.5 Å². The molecule has 1 N–H and O–H groups in total. The van der Waals surface area contributed by atoms with Gasteiger partial charge in [0, 0.05) is 38.0 Å². The Morgan fingerprint density at radius 1 is 1.31 bits per heavy atom. The molecule has 1 aliphatic heterocycles. The van der Waals surface area contributed by atoms with Gasteiger partial charge in [-0.15, -0.1) is 10.2 Å². The molecule has 1 aliphatic rings. The van der Waals surface area contributed by atoms with Crippen LogP contribution < -0.4 is 5.32 Å². The normalized spacial score (nSPS) is 19.4. The Morgan fingerprint density at radius 2 is 2.14 bits per heavy atom. The van der Waals surface area contributed by atoms with E-state index < -0.39 is 0 Å². The first-order valence-electron chi connectivity index (χ1n) is 9.58. The van der Waals surface area contributed by atoms with Crippen LogP contribution in [0.2, 0.25) is 5.02 Å². The molecule has 0 saturated carbocycles. The molecule has 29 heavy (non-hydrogen) atoms. The maximum Gasteiger partial charge on any atom is 0.322 e. The van der Waals surface area contributed by atoms with Crippen LogP contribution in [0, 0.1) is 12.8 Å². The zero-order valence-corrected chi connectivity index (χ0v) is 17.3. The zero-order chi connectivity index (χ0) is 20.5. The average molecular weight is 415 g/mol. The number of amides is 2. The Hall–Kier alpha value is -2.87. The van der Waals surface area contributed by atoms with Gasteiger partial charge in [0.25, 0.3) is 0 Å². The van der Waals surface area contributed by atoms with Crippen molar-refractivity contribution in [1.29, 1.82) is 0 Å². The van der Waals surface area contributed by atoms with Gasteiger partial charge < -0.3 is 14.6 Å². The van der Waals surface area contributed by atoms with E-state index in [0.29, 0.717) is 35.0 Å². The number of nitrogens with zero attached hydrogens (tertiary/aromatic N) is 5. The summed E-state index contributed by atoms with van der Waals surface area (Å²) >= 11 is 6.35. The van der Waals surface area contributed by atoms with Crippen molar-refractivity contribution in [2.24, 2.45) is 13.0 Å². The van der Waals surface area contributed by atoms with Crippen LogP contribution in [0.4, 0.5) is 10.5 Å². The Labute approximate surface area is 173 Å². The number of piperidine rings is 1. The van der Waals surface area contributed by atoms with E-state index in [9.17, 15) is 4.79 Å². The monoisotopic (exact) mass is 414 g/mol. The minimum absolute atomic E-state index is 0.202. The molecule has 0 spiro atoms. The molecule has 2 atom stereocenters. The number of hydrogen-bond acceptors (Lipinski definition) is 5. The number of nitrogens with one attached hydrogen (secondary N) is 1. The summed E-state index contributed by atoms with van der Waals surface area (Å²) in [5.74, 6) is 1.45. The number of rotatable bonds is 3. The SMILES string of the molecule is Cc1nnc(C2C[C@@H](C)CCN2C(=O)Nc2ccc(Cl)c(-c3ccn(C)n3)c2)o1. The first-order chi connectivity index (χ1) is 13.9. The quantitative estimate of drug-likeness (QED) is 0.684. The number of aromatic nitrogens is 4. The number of likely N-dealkylation sites (tertiary alicyclic amines) is 1. The number of carbonyl (C=O) groups excluding carboxylic acids is 1. The summed E-state index contributed by atoms with van der Waals surface area (Å²) in [7, 11) is 1.85.